The van der Waals surface area contributed by atoms with E-state index < -0.39 is 0 Å². The number of hydrogen-bond donors (Lipinski definition) is 2. The highest BCUT2D eigenvalue weighted by atomic mass is 16.5. The summed E-state index contributed by atoms with van der Waals surface area (Å²) in [5.41, 5.74) is 3.91. The molecule has 0 aliphatic rings. The maximum Gasteiger partial charge on any atom is 0.243 e. The maximum atomic E-state index is 12.1. The second kappa shape index (κ2) is 8.22. The lowest BCUT2D eigenvalue weighted by molar-refractivity contribution is -0.114. The number of benzene rings is 2. The SMILES string of the molecule is CCCOc1cccc(NCC(=O)Nc2cc(C)ccc2C)c1. The van der Waals surface area contributed by atoms with Gasteiger partial charge in [-0.15, -0.1) is 0 Å². The molecule has 0 fully saturated rings. The minimum absolute atomic E-state index is 0.0708. The van der Waals surface area contributed by atoms with Crippen LogP contribution in [0.1, 0.15) is 24.5 Å². The van der Waals surface area contributed by atoms with Crippen molar-refractivity contribution in [1.82, 2.24) is 0 Å². The van der Waals surface area contributed by atoms with Crippen LogP contribution in [0.15, 0.2) is 42.5 Å². The lowest BCUT2D eigenvalue weighted by Crippen LogP contribution is -2.22. The molecule has 0 aliphatic carbocycles. The highest BCUT2D eigenvalue weighted by Gasteiger charge is 2.05. The van der Waals surface area contributed by atoms with Gasteiger partial charge in [0.25, 0.3) is 0 Å². The van der Waals surface area contributed by atoms with Gasteiger partial charge >= 0.3 is 0 Å². The van der Waals surface area contributed by atoms with E-state index in [0.717, 1.165) is 34.7 Å². The molecular weight excluding hydrogens is 288 g/mol. The first-order valence-electron chi connectivity index (χ1n) is 7.92. The summed E-state index contributed by atoms with van der Waals surface area (Å²) in [6, 6.07) is 13.7. The third kappa shape index (κ3) is 5.33. The Bertz CT molecular complexity index is 668. The van der Waals surface area contributed by atoms with Crippen LogP contribution in [0.4, 0.5) is 11.4 Å². The first-order valence-corrected chi connectivity index (χ1v) is 7.92. The summed E-state index contributed by atoms with van der Waals surface area (Å²) in [5.74, 6) is 0.741. The van der Waals surface area contributed by atoms with E-state index in [1.807, 2.05) is 56.3 Å². The smallest absolute Gasteiger partial charge is 0.243 e. The van der Waals surface area contributed by atoms with Crippen LogP contribution < -0.4 is 15.4 Å². The van der Waals surface area contributed by atoms with Crippen LogP contribution in [0.3, 0.4) is 0 Å². The average Bonchev–Trinajstić information content (AvgIpc) is 2.55. The monoisotopic (exact) mass is 312 g/mol. The van der Waals surface area contributed by atoms with Crippen LogP contribution in [0, 0.1) is 13.8 Å². The third-order valence-corrected chi connectivity index (χ3v) is 3.43. The van der Waals surface area contributed by atoms with Crippen molar-refractivity contribution in [3.05, 3.63) is 53.6 Å². The van der Waals surface area contributed by atoms with E-state index in [4.69, 9.17) is 4.74 Å². The van der Waals surface area contributed by atoms with Crippen molar-refractivity contribution < 1.29 is 9.53 Å². The Morgan fingerprint density at radius 1 is 1.13 bits per heavy atom. The molecule has 0 unspecified atom stereocenters. The zero-order valence-corrected chi connectivity index (χ0v) is 14.0. The molecule has 2 aromatic carbocycles. The van der Waals surface area contributed by atoms with Crippen molar-refractivity contribution in [2.75, 3.05) is 23.8 Å². The zero-order chi connectivity index (χ0) is 16.7. The lowest BCUT2D eigenvalue weighted by Gasteiger charge is -2.11. The van der Waals surface area contributed by atoms with Crippen LogP contribution in [-0.2, 0) is 4.79 Å². The van der Waals surface area contributed by atoms with Crippen LogP contribution in [-0.4, -0.2) is 19.1 Å². The van der Waals surface area contributed by atoms with Crippen molar-refractivity contribution in [2.45, 2.75) is 27.2 Å². The maximum absolute atomic E-state index is 12.1. The summed E-state index contributed by atoms with van der Waals surface area (Å²) >= 11 is 0. The Morgan fingerprint density at radius 2 is 1.96 bits per heavy atom. The second-order valence-corrected chi connectivity index (χ2v) is 5.60. The Hall–Kier alpha value is -2.49. The predicted octanol–water partition coefficient (Wildman–Crippen LogP) is 4.14. The Balaban J connectivity index is 1.90. The van der Waals surface area contributed by atoms with E-state index in [2.05, 4.69) is 17.6 Å². The Kier molecular flexibility index (Phi) is 6.03. The van der Waals surface area contributed by atoms with E-state index in [0.29, 0.717) is 6.61 Å². The molecule has 4 nitrogen and oxygen atoms in total. The third-order valence-electron chi connectivity index (χ3n) is 3.43. The van der Waals surface area contributed by atoms with Gasteiger partial charge in [-0.3, -0.25) is 4.79 Å². The van der Waals surface area contributed by atoms with E-state index in [9.17, 15) is 4.79 Å². The van der Waals surface area contributed by atoms with Gasteiger partial charge in [0.1, 0.15) is 5.75 Å². The fraction of sp³-hybridized carbons (Fsp3) is 0.316. The molecule has 23 heavy (non-hydrogen) atoms. The molecule has 2 aromatic rings. The molecule has 0 aromatic heterocycles. The van der Waals surface area contributed by atoms with Crippen LogP contribution in [0.5, 0.6) is 5.75 Å². The van der Waals surface area contributed by atoms with Crippen LogP contribution >= 0.6 is 0 Å². The minimum Gasteiger partial charge on any atom is -0.494 e. The zero-order valence-electron chi connectivity index (χ0n) is 14.0. The number of rotatable bonds is 7. The van der Waals surface area contributed by atoms with Crippen molar-refractivity contribution in [3.63, 3.8) is 0 Å². The molecule has 0 spiro atoms. The molecule has 0 aliphatic heterocycles. The molecule has 0 saturated carbocycles. The second-order valence-electron chi connectivity index (χ2n) is 5.60. The lowest BCUT2D eigenvalue weighted by atomic mass is 10.1. The number of carbonyl (C=O) groups excluding carboxylic acids is 1. The highest BCUT2D eigenvalue weighted by molar-refractivity contribution is 5.94. The summed E-state index contributed by atoms with van der Waals surface area (Å²) in [7, 11) is 0. The number of carbonyl (C=O) groups is 1. The van der Waals surface area contributed by atoms with Crippen molar-refractivity contribution >= 4 is 17.3 Å². The first-order chi connectivity index (χ1) is 11.1. The number of aryl methyl sites for hydroxylation is 2. The number of anilines is 2. The van der Waals surface area contributed by atoms with Crippen molar-refractivity contribution in [1.29, 1.82) is 0 Å². The van der Waals surface area contributed by atoms with Gasteiger partial charge in [0.2, 0.25) is 5.91 Å². The summed E-state index contributed by atoms with van der Waals surface area (Å²) < 4.78 is 5.59. The largest absolute Gasteiger partial charge is 0.494 e. The molecular formula is C19H24N2O2. The molecule has 1 amide bonds. The Morgan fingerprint density at radius 3 is 2.74 bits per heavy atom. The summed E-state index contributed by atoms with van der Waals surface area (Å²) in [6.45, 7) is 6.97. The fourth-order valence-corrected chi connectivity index (χ4v) is 2.16. The molecule has 0 atom stereocenters. The quantitative estimate of drug-likeness (QED) is 0.808. The summed E-state index contributed by atoms with van der Waals surface area (Å²) in [4.78, 5) is 12.1. The van der Waals surface area contributed by atoms with Gasteiger partial charge in [0, 0.05) is 17.4 Å². The van der Waals surface area contributed by atoms with Gasteiger partial charge in [0.15, 0.2) is 0 Å². The fourth-order valence-electron chi connectivity index (χ4n) is 2.16. The van der Waals surface area contributed by atoms with Crippen molar-refractivity contribution in [2.24, 2.45) is 0 Å². The highest BCUT2D eigenvalue weighted by Crippen LogP contribution is 2.18. The minimum atomic E-state index is -0.0708. The van der Waals surface area contributed by atoms with E-state index in [1.54, 1.807) is 0 Å². The predicted molar refractivity (Wildman–Crippen MR) is 95.3 cm³/mol. The van der Waals surface area contributed by atoms with Gasteiger partial charge in [-0.25, -0.2) is 0 Å². The average molecular weight is 312 g/mol. The summed E-state index contributed by atoms with van der Waals surface area (Å²) in [6.07, 6.45) is 0.968. The molecule has 2 rings (SSSR count). The van der Waals surface area contributed by atoms with E-state index in [1.165, 1.54) is 0 Å². The topological polar surface area (TPSA) is 50.4 Å². The van der Waals surface area contributed by atoms with Gasteiger partial charge < -0.3 is 15.4 Å². The molecule has 122 valence electrons. The van der Waals surface area contributed by atoms with Gasteiger partial charge in [-0.2, -0.15) is 0 Å². The van der Waals surface area contributed by atoms with Gasteiger partial charge in [-0.1, -0.05) is 25.1 Å². The molecule has 2 N–H and O–H groups in total. The van der Waals surface area contributed by atoms with Crippen molar-refractivity contribution in [3.8, 4) is 5.75 Å². The van der Waals surface area contributed by atoms with Crippen LogP contribution in [0.2, 0.25) is 0 Å². The van der Waals surface area contributed by atoms with E-state index >= 15 is 0 Å². The molecule has 0 radical (unpaired) electrons. The van der Waals surface area contributed by atoms with E-state index in [-0.39, 0.29) is 12.5 Å². The first kappa shape index (κ1) is 16.9. The molecule has 0 bridgehead atoms. The van der Waals surface area contributed by atoms with Gasteiger partial charge in [0.05, 0.1) is 13.2 Å². The molecule has 0 saturated heterocycles. The molecule has 4 heteroatoms. The number of ether oxygens (including phenoxy) is 1. The number of nitrogens with one attached hydrogen (secondary N) is 2. The van der Waals surface area contributed by atoms with Gasteiger partial charge in [-0.05, 0) is 49.6 Å². The standard InChI is InChI=1S/C19H24N2O2/c1-4-10-23-17-7-5-6-16(12-17)20-13-19(22)21-18-11-14(2)8-9-15(18)3/h5-9,11-12,20H,4,10,13H2,1-3H3,(H,21,22). The number of amides is 1. The number of hydrogen-bond acceptors (Lipinski definition) is 3. The summed E-state index contributed by atoms with van der Waals surface area (Å²) in [5, 5.41) is 6.06. The van der Waals surface area contributed by atoms with Crippen LogP contribution in [0.25, 0.3) is 0 Å². The normalized spacial score (nSPS) is 10.2. The Labute approximate surface area is 137 Å². The molecule has 0 heterocycles.